The van der Waals surface area contributed by atoms with Gasteiger partial charge in [-0.3, -0.25) is 4.79 Å². The number of anilines is 1. The average molecular weight is 420 g/mol. The number of aryl methyl sites for hydroxylation is 1. The Morgan fingerprint density at radius 2 is 2.21 bits per heavy atom. The molecule has 1 N–H and O–H groups in total. The number of amides is 1. The molecule has 0 radical (unpaired) electrons. The molecule has 2 heterocycles. The predicted molar refractivity (Wildman–Crippen MR) is 110 cm³/mol. The van der Waals surface area contributed by atoms with E-state index in [1.54, 1.807) is 12.1 Å². The molecule has 1 aromatic heterocycles. The van der Waals surface area contributed by atoms with Crippen molar-refractivity contribution in [1.29, 1.82) is 0 Å². The number of hydrogen-bond donors (Lipinski definition) is 1. The number of halogens is 2. The van der Waals surface area contributed by atoms with E-state index in [9.17, 15) is 9.18 Å². The van der Waals surface area contributed by atoms with Gasteiger partial charge < -0.3 is 14.8 Å². The van der Waals surface area contributed by atoms with Gasteiger partial charge in [0.2, 0.25) is 0 Å². The van der Waals surface area contributed by atoms with Crippen LogP contribution >= 0.6 is 22.9 Å². The lowest BCUT2D eigenvalue weighted by atomic mass is 10.2. The van der Waals surface area contributed by atoms with E-state index in [4.69, 9.17) is 21.1 Å². The van der Waals surface area contributed by atoms with Crippen LogP contribution in [0.15, 0.2) is 36.4 Å². The lowest BCUT2D eigenvalue weighted by Crippen LogP contribution is -2.18. The summed E-state index contributed by atoms with van der Waals surface area (Å²) < 4.78 is 25.6. The molecule has 0 aliphatic carbocycles. The van der Waals surface area contributed by atoms with Crippen LogP contribution in [0.3, 0.4) is 0 Å². The van der Waals surface area contributed by atoms with Crippen LogP contribution in [-0.4, -0.2) is 25.2 Å². The molecule has 1 unspecified atom stereocenters. The second-order valence-electron chi connectivity index (χ2n) is 6.79. The molecule has 1 aliphatic rings. The molecule has 3 aromatic rings. The summed E-state index contributed by atoms with van der Waals surface area (Å²) in [5.41, 5.74) is 1.59. The second-order valence-corrected chi connectivity index (χ2v) is 8.22. The van der Waals surface area contributed by atoms with Gasteiger partial charge in [0.05, 0.1) is 16.8 Å². The summed E-state index contributed by atoms with van der Waals surface area (Å²) >= 11 is 7.53. The SMILES string of the molecule is Cc1ccc(NC(=O)c2sc3cc(F)ccc3c2Cl)c(OCC2CCCO2)c1. The number of rotatable bonds is 5. The zero-order valence-corrected chi connectivity index (χ0v) is 16.8. The largest absolute Gasteiger partial charge is 0.489 e. The third-order valence-corrected chi connectivity index (χ3v) is 6.29. The third-order valence-electron chi connectivity index (χ3n) is 4.63. The van der Waals surface area contributed by atoms with Gasteiger partial charge in [0.1, 0.15) is 23.1 Å². The van der Waals surface area contributed by atoms with Gasteiger partial charge >= 0.3 is 0 Å². The first kappa shape index (κ1) is 19.2. The van der Waals surface area contributed by atoms with Gasteiger partial charge in [0.25, 0.3) is 5.91 Å². The quantitative estimate of drug-likeness (QED) is 0.567. The molecule has 28 heavy (non-hydrogen) atoms. The molecule has 1 fully saturated rings. The molecule has 7 heteroatoms. The lowest BCUT2D eigenvalue weighted by molar-refractivity contribution is 0.0681. The van der Waals surface area contributed by atoms with E-state index in [1.807, 2.05) is 19.1 Å². The molecular weight excluding hydrogens is 401 g/mol. The van der Waals surface area contributed by atoms with Crippen molar-refractivity contribution in [3.63, 3.8) is 0 Å². The Balaban J connectivity index is 1.56. The van der Waals surface area contributed by atoms with Crippen molar-refractivity contribution >= 4 is 44.6 Å². The maximum Gasteiger partial charge on any atom is 0.267 e. The van der Waals surface area contributed by atoms with E-state index in [1.165, 1.54) is 12.1 Å². The zero-order valence-electron chi connectivity index (χ0n) is 15.3. The molecule has 2 aromatic carbocycles. The van der Waals surface area contributed by atoms with Crippen LogP contribution in [0.2, 0.25) is 5.02 Å². The number of carbonyl (C=O) groups is 1. The summed E-state index contributed by atoms with van der Waals surface area (Å²) in [5.74, 6) is -0.120. The smallest absolute Gasteiger partial charge is 0.267 e. The minimum absolute atomic E-state index is 0.0796. The monoisotopic (exact) mass is 419 g/mol. The number of nitrogens with one attached hydrogen (secondary N) is 1. The summed E-state index contributed by atoms with van der Waals surface area (Å²) in [7, 11) is 0. The number of thiophene rings is 1. The van der Waals surface area contributed by atoms with E-state index < -0.39 is 0 Å². The molecule has 0 spiro atoms. The Morgan fingerprint density at radius 3 is 3.00 bits per heavy atom. The Morgan fingerprint density at radius 1 is 1.36 bits per heavy atom. The zero-order chi connectivity index (χ0) is 19.7. The van der Waals surface area contributed by atoms with Gasteiger partial charge in [-0.05, 0) is 55.7 Å². The van der Waals surface area contributed by atoms with Crippen molar-refractivity contribution in [2.75, 3.05) is 18.5 Å². The third kappa shape index (κ3) is 3.99. The predicted octanol–water partition coefficient (Wildman–Crippen LogP) is 5.81. The van der Waals surface area contributed by atoms with Gasteiger partial charge in [0, 0.05) is 16.7 Å². The number of fused-ring (bicyclic) bond motifs is 1. The summed E-state index contributed by atoms with van der Waals surface area (Å²) in [6.45, 7) is 3.16. The van der Waals surface area contributed by atoms with Crippen molar-refractivity contribution in [2.24, 2.45) is 0 Å². The van der Waals surface area contributed by atoms with Crippen LogP contribution < -0.4 is 10.1 Å². The van der Waals surface area contributed by atoms with Crippen molar-refractivity contribution in [1.82, 2.24) is 0 Å². The van der Waals surface area contributed by atoms with Crippen molar-refractivity contribution in [3.05, 3.63) is 57.7 Å². The highest BCUT2D eigenvalue weighted by Gasteiger charge is 2.20. The topological polar surface area (TPSA) is 47.6 Å². The fraction of sp³-hybridized carbons (Fsp3) is 0.286. The highest BCUT2D eigenvalue weighted by molar-refractivity contribution is 7.21. The molecule has 146 valence electrons. The van der Waals surface area contributed by atoms with Crippen LogP contribution in [0.5, 0.6) is 5.75 Å². The molecular formula is C21H19ClFNO3S. The first-order chi connectivity index (χ1) is 13.5. The standard InChI is InChI=1S/C21H19ClFNO3S/c1-12-4-7-16(17(9-12)27-11-14-3-2-8-26-14)24-21(25)20-19(22)15-6-5-13(23)10-18(15)28-20/h4-7,9-10,14H,2-3,8,11H2,1H3,(H,24,25). The van der Waals surface area contributed by atoms with Gasteiger partial charge in [0.15, 0.2) is 0 Å². The first-order valence-electron chi connectivity index (χ1n) is 9.05. The highest BCUT2D eigenvalue weighted by Crippen LogP contribution is 2.37. The van der Waals surface area contributed by atoms with Gasteiger partial charge in [-0.25, -0.2) is 4.39 Å². The van der Waals surface area contributed by atoms with E-state index in [-0.39, 0.29) is 17.8 Å². The second kappa shape index (κ2) is 8.07. The van der Waals surface area contributed by atoms with Gasteiger partial charge in [-0.15, -0.1) is 11.3 Å². The Hall–Kier alpha value is -2.15. The van der Waals surface area contributed by atoms with Gasteiger partial charge in [-0.1, -0.05) is 17.7 Å². The maximum absolute atomic E-state index is 13.5. The van der Waals surface area contributed by atoms with Crippen LogP contribution in [0.25, 0.3) is 10.1 Å². The molecule has 0 saturated carbocycles. The fourth-order valence-electron chi connectivity index (χ4n) is 3.17. The number of hydrogen-bond acceptors (Lipinski definition) is 4. The van der Waals surface area contributed by atoms with E-state index in [2.05, 4.69) is 5.32 Å². The van der Waals surface area contributed by atoms with Crippen LogP contribution in [0.1, 0.15) is 28.1 Å². The Kier molecular flexibility index (Phi) is 5.53. The average Bonchev–Trinajstić information content (AvgIpc) is 3.29. The van der Waals surface area contributed by atoms with Crippen LogP contribution in [0, 0.1) is 12.7 Å². The number of carbonyl (C=O) groups excluding carboxylic acids is 1. The van der Waals surface area contributed by atoms with Crippen LogP contribution in [-0.2, 0) is 4.74 Å². The summed E-state index contributed by atoms with van der Waals surface area (Å²) in [6.07, 6.45) is 2.09. The summed E-state index contributed by atoms with van der Waals surface area (Å²) in [4.78, 5) is 13.2. The minimum atomic E-state index is -0.360. The molecule has 4 nitrogen and oxygen atoms in total. The molecule has 4 rings (SSSR count). The molecule has 1 saturated heterocycles. The summed E-state index contributed by atoms with van der Waals surface area (Å²) in [6, 6.07) is 9.88. The molecule has 0 bridgehead atoms. The number of benzene rings is 2. The highest BCUT2D eigenvalue weighted by atomic mass is 35.5. The van der Waals surface area contributed by atoms with Gasteiger partial charge in [-0.2, -0.15) is 0 Å². The van der Waals surface area contributed by atoms with Crippen molar-refractivity contribution in [3.8, 4) is 5.75 Å². The van der Waals surface area contributed by atoms with Crippen LogP contribution in [0.4, 0.5) is 10.1 Å². The van der Waals surface area contributed by atoms with Crippen molar-refractivity contribution < 1.29 is 18.7 Å². The Bertz CT molecular complexity index is 1030. The van der Waals surface area contributed by atoms with E-state index in [0.29, 0.717) is 38.0 Å². The molecule has 1 atom stereocenters. The lowest BCUT2D eigenvalue weighted by Gasteiger charge is -2.15. The summed E-state index contributed by atoms with van der Waals surface area (Å²) in [5, 5.41) is 3.86. The van der Waals surface area contributed by atoms with Crippen molar-refractivity contribution in [2.45, 2.75) is 25.9 Å². The first-order valence-corrected chi connectivity index (χ1v) is 10.2. The Labute approximate surface area is 171 Å². The molecule has 1 aliphatic heterocycles. The normalized spacial score (nSPS) is 16.5. The minimum Gasteiger partial charge on any atom is -0.489 e. The van der Waals surface area contributed by atoms with E-state index >= 15 is 0 Å². The van der Waals surface area contributed by atoms with E-state index in [0.717, 1.165) is 36.3 Å². The maximum atomic E-state index is 13.5. The number of ether oxygens (including phenoxy) is 2. The molecule has 1 amide bonds. The fourth-order valence-corrected chi connectivity index (χ4v) is 4.61.